The maximum atomic E-state index is 10.8. The van der Waals surface area contributed by atoms with Crippen LogP contribution in [0.25, 0.3) is 0 Å². The molecule has 0 bridgehead atoms. The molecule has 0 aromatic heterocycles. The van der Waals surface area contributed by atoms with Gasteiger partial charge in [0, 0.05) is 0 Å². The molecule has 0 aliphatic rings. The monoisotopic (exact) mass is 325 g/mol. The molecular weight excluding hydrogens is 309 g/mol. The maximum Gasteiger partial charge on any atom is 1.00 e. The fourth-order valence-electron chi connectivity index (χ4n) is 1.88. The minimum absolute atomic E-state index is 0. The number of carboxylic acid groups (broad SMARTS) is 1. The van der Waals surface area contributed by atoms with Crippen molar-refractivity contribution in [2.24, 2.45) is 5.73 Å². The molecular formula is C16H16NNaO3S. The summed E-state index contributed by atoms with van der Waals surface area (Å²) in [5.74, 6) is -1.30. The number of aliphatic carboxylic acids is 1. The summed E-state index contributed by atoms with van der Waals surface area (Å²) in [6.07, 6.45) is 0. The largest absolute Gasteiger partial charge is 1.00 e. The molecule has 0 amide bonds. The summed E-state index contributed by atoms with van der Waals surface area (Å²) >= 11 is 5.44. The summed E-state index contributed by atoms with van der Waals surface area (Å²) in [5.41, 5.74) is 8.90. The minimum atomic E-state index is -1.30. The fraction of sp³-hybridized carbons (Fsp3) is 0.125. The molecule has 0 aliphatic carbocycles. The van der Waals surface area contributed by atoms with Crippen molar-refractivity contribution in [2.45, 2.75) is 13.0 Å². The summed E-state index contributed by atoms with van der Waals surface area (Å²) in [5, 5.41) is 10.8. The van der Waals surface area contributed by atoms with E-state index < -0.39 is 12.0 Å². The van der Waals surface area contributed by atoms with Crippen molar-refractivity contribution in [3.8, 4) is 0 Å². The topological polar surface area (TPSA) is 97.7 Å². The van der Waals surface area contributed by atoms with Gasteiger partial charge in [0.05, 0.1) is 16.9 Å². The summed E-state index contributed by atoms with van der Waals surface area (Å²) in [7, 11) is 0. The van der Waals surface area contributed by atoms with Crippen LogP contribution in [0.5, 0.6) is 0 Å². The van der Waals surface area contributed by atoms with Crippen molar-refractivity contribution in [2.75, 3.05) is 0 Å². The Kier molecular flexibility index (Phi) is 8.70. The zero-order chi connectivity index (χ0) is 14.7. The molecule has 22 heavy (non-hydrogen) atoms. The van der Waals surface area contributed by atoms with Gasteiger partial charge < -0.3 is 21.1 Å². The quantitative estimate of drug-likeness (QED) is 0.388. The molecule has 0 radical (unpaired) electrons. The van der Waals surface area contributed by atoms with E-state index in [0.29, 0.717) is 10.4 Å². The van der Waals surface area contributed by atoms with Crippen LogP contribution in [0.2, 0.25) is 0 Å². The Bertz CT molecular complexity index is 659. The Balaban J connectivity index is 0.00000220. The molecule has 0 spiro atoms. The number of rotatable bonds is 4. The molecule has 4 nitrogen and oxygen atoms in total. The van der Waals surface area contributed by atoms with E-state index in [0.717, 1.165) is 16.7 Å². The van der Waals surface area contributed by atoms with Crippen LogP contribution in [0.3, 0.4) is 0 Å². The van der Waals surface area contributed by atoms with Gasteiger partial charge in [0.2, 0.25) is 0 Å². The van der Waals surface area contributed by atoms with E-state index in [2.05, 4.69) is 0 Å². The molecule has 2 aromatic carbocycles. The number of aryl methyl sites for hydroxylation is 1. The van der Waals surface area contributed by atoms with Crippen LogP contribution in [0.4, 0.5) is 0 Å². The molecule has 2 aromatic rings. The number of thiocarbonyl (C=S) groups is 1. The fourth-order valence-corrected chi connectivity index (χ4v) is 2.14. The molecule has 4 N–H and O–H groups in total. The van der Waals surface area contributed by atoms with E-state index >= 15 is 0 Å². The van der Waals surface area contributed by atoms with Crippen molar-refractivity contribution in [1.82, 2.24) is 0 Å². The number of carbonyl (C=O) groups is 1. The first-order valence-electron chi connectivity index (χ1n) is 6.17. The average molecular weight is 325 g/mol. The zero-order valence-electron chi connectivity index (χ0n) is 12.5. The normalized spacial score (nSPS) is 10.8. The Labute approximate surface area is 156 Å². The van der Waals surface area contributed by atoms with Crippen molar-refractivity contribution in [3.05, 3.63) is 70.8 Å². The van der Waals surface area contributed by atoms with Gasteiger partial charge in [-0.15, -0.1) is 0 Å². The van der Waals surface area contributed by atoms with Gasteiger partial charge in [0.25, 0.3) is 0 Å². The number of hydrogen-bond acceptors (Lipinski definition) is 4. The smallest absolute Gasteiger partial charge is 0.548 e. The molecule has 1 unspecified atom stereocenters. The summed E-state index contributed by atoms with van der Waals surface area (Å²) in [6.45, 7) is 2.01. The van der Waals surface area contributed by atoms with E-state index in [1.165, 1.54) is 0 Å². The van der Waals surface area contributed by atoms with E-state index in [-0.39, 0.29) is 35.0 Å². The second-order valence-corrected chi connectivity index (χ2v) is 5.03. The van der Waals surface area contributed by atoms with Crippen LogP contribution in [0, 0.1) is 6.92 Å². The van der Waals surface area contributed by atoms with Crippen molar-refractivity contribution < 1.29 is 44.9 Å². The van der Waals surface area contributed by atoms with Crippen LogP contribution in [0.1, 0.15) is 28.3 Å². The average Bonchev–Trinajstić information content (AvgIpc) is 2.46. The van der Waals surface area contributed by atoms with Crippen molar-refractivity contribution in [1.29, 1.82) is 0 Å². The summed E-state index contributed by atoms with van der Waals surface area (Å²) in [6, 6.07) is 13.7. The van der Waals surface area contributed by atoms with E-state index in [4.69, 9.17) is 18.0 Å². The Morgan fingerprint density at radius 3 is 2.27 bits per heavy atom. The third-order valence-corrected chi connectivity index (χ3v) is 3.55. The summed E-state index contributed by atoms with van der Waals surface area (Å²) < 4.78 is 0. The molecule has 110 valence electrons. The molecule has 0 fully saturated rings. The maximum absolute atomic E-state index is 10.8. The molecule has 0 saturated carbocycles. The van der Waals surface area contributed by atoms with Crippen molar-refractivity contribution in [3.63, 3.8) is 0 Å². The Morgan fingerprint density at radius 1 is 1.14 bits per heavy atom. The molecule has 0 heterocycles. The number of nitrogens with two attached hydrogens (primary N) is 1. The molecule has 2 rings (SSSR count). The van der Waals surface area contributed by atoms with E-state index in [9.17, 15) is 9.90 Å². The molecule has 1 atom stereocenters. The second-order valence-electron chi connectivity index (χ2n) is 4.62. The first-order valence-corrected chi connectivity index (χ1v) is 6.57. The van der Waals surface area contributed by atoms with Gasteiger partial charge >= 0.3 is 29.6 Å². The number of carboxylic acids is 1. The molecule has 0 aliphatic heterocycles. The molecule has 0 saturated heterocycles. The van der Waals surface area contributed by atoms with Crippen LogP contribution < -0.4 is 40.4 Å². The second kappa shape index (κ2) is 9.15. The van der Waals surface area contributed by atoms with Gasteiger partial charge in [-0.2, -0.15) is 0 Å². The number of hydrogen-bond donors (Lipinski definition) is 1. The van der Waals surface area contributed by atoms with Gasteiger partial charge in [-0.3, -0.25) is 0 Å². The zero-order valence-corrected chi connectivity index (χ0v) is 15.3. The van der Waals surface area contributed by atoms with Crippen LogP contribution in [0.15, 0.2) is 48.5 Å². The Morgan fingerprint density at radius 2 is 1.73 bits per heavy atom. The van der Waals surface area contributed by atoms with Crippen molar-refractivity contribution >= 4 is 23.1 Å². The first kappa shape index (κ1) is 20.9. The molecule has 6 heteroatoms. The van der Waals surface area contributed by atoms with Crippen LogP contribution in [-0.4, -0.2) is 16.3 Å². The SMILES string of the molecule is Cc1ccc(C(=S)c2cccc(C(N)C(=O)[O-])c2)cc1.O.[Na+]. The van der Waals surface area contributed by atoms with Gasteiger partial charge in [-0.25, -0.2) is 0 Å². The third kappa shape index (κ3) is 4.98. The van der Waals surface area contributed by atoms with Gasteiger partial charge in [0.1, 0.15) is 0 Å². The number of benzene rings is 2. The van der Waals surface area contributed by atoms with Gasteiger partial charge in [-0.05, 0) is 29.7 Å². The predicted molar refractivity (Wildman–Crippen MR) is 84.0 cm³/mol. The van der Waals surface area contributed by atoms with Gasteiger partial charge in [-0.1, -0.05) is 60.2 Å². The van der Waals surface area contributed by atoms with E-state index in [1.54, 1.807) is 18.2 Å². The standard InChI is InChI=1S/C16H15NO2S.Na.H2O/c1-10-5-7-11(8-6-10)15(20)13-4-2-3-12(9-13)14(17)16(18)19;;/h2-9,14H,17H2,1H3,(H,18,19);;1H2/q;+1;/p-1. The first-order chi connectivity index (χ1) is 9.49. The van der Waals surface area contributed by atoms with E-state index in [1.807, 2.05) is 37.3 Å². The summed E-state index contributed by atoms with van der Waals surface area (Å²) in [4.78, 5) is 11.5. The minimum Gasteiger partial charge on any atom is -0.548 e. The number of carbonyl (C=O) groups excluding carboxylic acids is 1. The van der Waals surface area contributed by atoms with Gasteiger partial charge in [0.15, 0.2) is 0 Å². The Hall–Kier alpha value is -1.08. The third-order valence-electron chi connectivity index (χ3n) is 3.08. The predicted octanol–water partition coefficient (Wildman–Crippen LogP) is -2.31. The van der Waals surface area contributed by atoms with Crippen LogP contribution >= 0.6 is 12.2 Å². The van der Waals surface area contributed by atoms with Crippen LogP contribution in [-0.2, 0) is 4.79 Å².